The van der Waals surface area contributed by atoms with E-state index in [0.29, 0.717) is 16.6 Å². The number of alkyl halides is 3. The quantitative estimate of drug-likeness (QED) is 0.289. The van der Waals surface area contributed by atoms with E-state index in [1.165, 1.54) is 10.8 Å². The SMILES string of the molecule is CCOC(=O)c1ncc(Cl)c(C(O)c2cc3c(C)cc(C(F)(F)F)cc3n2-c2ccccc2)c1Cl. The number of hydrogen-bond donors (Lipinski definition) is 1. The molecule has 0 aliphatic carbocycles. The summed E-state index contributed by atoms with van der Waals surface area (Å²) < 4.78 is 47.3. The van der Waals surface area contributed by atoms with E-state index in [1.807, 2.05) is 0 Å². The number of nitrogens with zero attached hydrogens (tertiary/aromatic N) is 2. The highest BCUT2D eigenvalue weighted by Gasteiger charge is 2.33. The van der Waals surface area contributed by atoms with Crippen molar-refractivity contribution in [2.24, 2.45) is 0 Å². The lowest BCUT2D eigenvalue weighted by molar-refractivity contribution is -0.137. The summed E-state index contributed by atoms with van der Waals surface area (Å²) in [6.45, 7) is 3.27. The molecule has 0 aliphatic rings. The number of para-hydroxylation sites is 1. The predicted molar refractivity (Wildman–Crippen MR) is 127 cm³/mol. The van der Waals surface area contributed by atoms with E-state index in [-0.39, 0.29) is 39.1 Å². The largest absolute Gasteiger partial charge is 0.461 e. The highest BCUT2D eigenvalue weighted by molar-refractivity contribution is 6.37. The molecule has 0 radical (unpaired) electrons. The summed E-state index contributed by atoms with van der Waals surface area (Å²) in [4.78, 5) is 16.2. The first-order valence-electron chi connectivity index (χ1n) is 10.5. The summed E-state index contributed by atoms with van der Waals surface area (Å²) in [5.74, 6) is -0.795. The van der Waals surface area contributed by atoms with E-state index >= 15 is 0 Å². The van der Waals surface area contributed by atoms with E-state index in [9.17, 15) is 23.1 Å². The number of carbonyl (C=O) groups is 1. The lowest BCUT2D eigenvalue weighted by Gasteiger charge is -2.19. The van der Waals surface area contributed by atoms with Crippen LogP contribution in [0.1, 0.15) is 45.9 Å². The van der Waals surface area contributed by atoms with Crippen LogP contribution >= 0.6 is 23.2 Å². The van der Waals surface area contributed by atoms with E-state index in [2.05, 4.69) is 4.98 Å². The van der Waals surface area contributed by atoms with Crippen LogP contribution in [-0.2, 0) is 10.9 Å². The molecule has 0 bridgehead atoms. The smallest absolute Gasteiger partial charge is 0.416 e. The summed E-state index contributed by atoms with van der Waals surface area (Å²) in [5, 5.41) is 11.7. The van der Waals surface area contributed by atoms with Crippen LogP contribution in [0.25, 0.3) is 16.6 Å². The topological polar surface area (TPSA) is 64.3 Å². The van der Waals surface area contributed by atoms with Gasteiger partial charge in [0.15, 0.2) is 5.69 Å². The van der Waals surface area contributed by atoms with Crippen molar-refractivity contribution >= 4 is 40.1 Å². The van der Waals surface area contributed by atoms with Crippen molar-refractivity contribution in [2.75, 3.05) is 6.61 Å². The molecule has 4 rings (SSSR count). The maximum atomic E-state index is 13.6. The average molecular weight is 523 g/mol. The number of aromatic nitrogens is 2. The van der Waals surface area contributed by atoms with Gasteiger partial charge < -0.3 is 14.4 Å². The number of aryl methyl sites for hydroxylation is 1. The highest BCUT2D eigenvalue weighted by Crippen LogP contribution is 2.41. The van der Waals surface area contributed by atoms with Crippen molar-refractivity contribution in [3.8, 4) is 5.69 Å². The van der Waals surface area contributed by atoms with Gasteiger partial charge in [-0.1, -0.05) is 41.4 Å². The second-order valence-corrected chi connectivity index (χ2v) is 8.55. The Labute approximate surface area is 208 Å². The van der Waals surface area contributed by atoms with Gasteiger partial charge in [-0.25, -0.2) is 9.78 Å². The summed E-state index contributed by atoms with van der Waals surface area (Å²) in [5.41, 5.74) is 0.274. The zero-order valence-electron chi connectivity index (χ0n) is 18.5. The van der Waals surface area contributed by atoms with Gasteiger partial charge in [0, 0.05) is 22.8 Å². The number of ether oxygens (including phenoxy) is 1. The molecule has 182 valence electrons. The van der Waals surface area contributed by atoms with Crippen molar-refractivity contribution in [3.05, 3.63) is 92.9 Å². The predicted octanol–water partition coefficient (Wildman–Crippen LogP) is 6.92. The molecule has 1 atom stereocenters. The number of aliphatic hydroxyl groups is 1. The maximum Gasteiger partial charge on any atom is 0.416 e. The Hall–Kier alpha value is -3.07. The van der Waals surface area contributed by atoms with Crippen LogP contribution in [0.5, 0.6) is 0 Å². The fourth-order valence-electron chi connectivity index (χ4n) is 3.95. The van der Waals surface area contributed by atoms with Gasteiger partial charge in [-0.15, -0.1) is 0 Å². The molecule has 2 aromatic heterocycles. The minimum Gasteiger partial charge on any atom is -0.461 e. The number of rotatable bonds is 5. The molecule has 35 heavy (non-hydrogen) atoms. The van der Waals surface area contributed by atoms with Crippen molar-refractivity contribution in [1.82, 2.24) is 9.55 Å². The molecule has 2 aromatic carbocycles. The first-order chi connectivity index (χ1) is 16.5. The monoisotopic (exact) mass is 522 g/mol. The van der Waals surface area contributed by atoms with Gasteiger partial charge in [0.2, 0.25) is 0 Å². The number of benzene rings is 2. The average Bonchev–Trinajstić information content (AvgIpc) is 3.19. The van der Waals surface area contributed by atoms with Crippen LogP contribution in [0.4, 0.5) is 13.2 Å². The van der Waals surface area contributed by atoms with Gasteiger partial charge in [-0.3, -0.25) is 0 Å². The second kappa shape index (κ2) is 9.53. The van der Waals surface area contributed by atoms with Crippen LogP contribution < -0.4 is 0 Å². The molecule has 1 N–H and O–H groups in total. The van der Waals surface area contributed by atoms with Gasteiger partial charge in [-0.05, 0) is 49.7 Å². The summed E-state index contributed by atoms with van der Waals surface area (Å²) in [6, 6.07) is 12.3. The lowest BCUT2D eigenvalue weighted by atomic mass is 10.0. The second-order valence-electron chi connectivity index (χ2n) is 7.77. The minimum atomic E-state index is -4.56. The number of aliphatic hydroxyl groups excluding tert-OH is 1. The highest BCUT2D eigenvalue weighted by atomic mass is 35.5. The third-order valence-electron chi connectivity index (χ3n) is 5.53. The van der Waals surface area contributed by atoms with Crippen LogP contribution in [-0.4, -0.2) is 27.2 Å². The Kier molecular flexibility index (Phi) is 6.81. The van der Waals surface area contributed by atoms with Crippen LogP contribution in [0.15, 0.2) is 54.7 Å². The molecule has 0 saturated heterocycles. The summed E-state index contributed by atoms with van der Waals surface area (Å²) in [6.07, 6.45) is -4.90. The van der Waals surface area contributed by atoms with Crippen molar-refractivity contribution in [1.29, 1.82) is 0 Å². The molecule has 10 heteroatoms. The molecule has 1 unspecified atom stereocenters. The third-order valence-corrected chi connectivity index (χ3v) is 6.21. The molecule has 0 fully saturated rings. The van der Waals surface area contributed by atoms with Crippen molar-refractivity contribution in [3.63, 3.8) is 0 Å². The van der Waals surface area contributed by atoms with Gasteiger partial charge in [0.05, 0.1) is 33.4 Å². The first-order valence-corrected chi connectivity index (χ1v) is 11.3. The Balaban J connectivity index is 2.01. The lowest BCUT2D eigenvalue weighted by Crippen LogP contribution is -2.13. The fraction of sp³-hybridized carbons (Fsp3) is 0.200. The van der Waals surface area contributed by atoms with Gasteiger partial charge >= 0.3 is 12.1 Å². The van der Waals surface area contributed by atoms with Gasteiger partial charge in [0.1, 0.15) is 6.10 Å². The van der Waals surface area contributed by atoms with Crippen molar-refractivity contribution in [2.45, 2.75) is 26.1 Å². The summed E-state index contributed by atoms with van der Waals surface area (Å²) >= 11 is 12.8. The van der Waals surface area contributed by atoms with E-state index in [4.69, 9.17) is 27.9 Å². The summed E-state index contributed by atoms with van der Waals surface area (Å²) in [7, 11) is 0. The normalized spacial score (nSPS) is 12.7. The molecular formula is C25H19Cl2F3N2O3. The van der Waals surface area contributed by atoms with E-state index in [1.54, 1.807) is 50.2 Å². The molecule has 0 amide bonds. The van der Waals surface area contributed by atoms with E-state index in [0.717, 1.165) is 12.1 Å². The third kappa shape index (κ3) is 4.61. The zero-order valence-corrected chi connectivity index (χ0v) is 20.0. The zero-order chi connectivity index (χ0) is 25.5. The van der Waals surface area contributed by atoms with Gasteiger partial charge in [0.25, 0.3) is 0 Å². The Morgan fingerprint density at radius 2 is 1.86 bits per heavy atom. The van der Waals surface area contributed by atoms with Crippen molar-refractivity contribution < 1.29 is 27.8 Å². The first kappa shape index (κ1) is 25.0. The molecular weight excluding hydrogens is 504 g/mol. The maximum absolute atomic E-state index is 13.6. The number of esters is 1. The number of carbonyl (C=O) groups excluding carboxylic acids is 1. The van der Waals surface area contributed by atoms with E-state index < -0.39 is 23.8 Å². The molecule has 2 heterocycles. The number of pyridine rings is 1. The molecule has 0 saturated carbocycles. The molecule has 0 spiro atoms. The number of hydrogen-bond acceptors (Lipinski definition) is 4. The fourth-order valence-corrected chi connectivity index (χ4v) is 4.58. The Morgan fingerprint density at radius 1 is 1.17 bits per heavy atom. The Morgan fingerprint density at radius 3 is 2.49 bits per heavy atom. The van der Waals surface area contributed by atoms with Gasteiger partial charge in [-0.2, -0.15) is 13.2 Å². The Bertz CT molecular complexity index is 1420. The van der Waals surface area contributed by atoms with Crippen LogP contribution in [0.3, 0.4) is 0 Å². The van der Waals surface area contributed by atoms with Crippen LogP contribution in [0.2, 0.25) is 10.0 Å². The molecule has 0 aliphatic heterocycles. The van der Waals surface area contributed by atoms with Crippen LogP contribution in [0, 0.1) is 6.92 Å². The standard InChI is InChI=1S/C25H19Cl2F3N2O3/c1-3-35-24(34)22-21(27)20(17(26)12-31-22)23(33)19-11-16-13(2)9-14(25(28,29)30)10-18(16)32(19)15-7-5-4-6-8-15/h4-12,23,33H,3H2,1-2H3. The number of fused-ring (bicyclic) bond motifs is 1. The number of halogens is 5. The minimum absolute atomic E-state index is 0.0138. The molecule has 4 aromatic rings. The molecule has 5 nitrogen and oxygen atoms in total.